The van der Waals surface area contributed by atoms with E-state index < -0.39 is 10.0 Å². The maximum absolute atomic E-state index is 12.0. The van der Waals surface area contributed by atoms with Crippen LogP contribution in [0.4, 0.5) is 5.69 Å². The number of sulfonamides is 1. The lowest BCUT2D eigenvalue weighted by molar-refractivity contribution is 0.217. The molecule has 118 valence electrons. The Morgan fingerprint density at radius 1 is 1.33 bits per heavy atom. The van der Waals surface area contributed by atoms with E-state index in [0.717, 1.165) is 25.2 Å². The highest BCUT2D eigenvalue weighted by atomic mass is 32.2. The van der Waals surface area contributed by atoms with Crippen LogP contribution in [0.15, 0.2) is 18.2 Å². The summed E-state index contributed by atoms with van der Waals surface area (Å²) >= 11 is 0. The van der Waals surface area contributed by atoms with Gasteiger partial charge in [-0.25, -0.2) is 8.42 Å². The Morgan fingerprint density at radius 2 is 2.10 bits per heavy atom. The number of methoxy groups -OCH3 is 1. The van der Waals surface area contributed by atoms with Crippen molar-refractivity contribution in [3.05, 3.63) is 29.3 Å². The topological polar surface area (TPSA) is 58.6 Å². The van der Waals surface area contributed by atoms with Gasteiger partial charge in [-0.1, -0.05) is 26.0 Å². The van der Waals surface area contributed by atoms with Crippen LogP contribution in [0.5, 0.6) is 0 Å². The van der Waals surface area contributed by atoms with E-state index >= 15 is 0 Å². The molecule has 5 nitrogen and oxygen atoms in total. The molecule has 1 heterocycles. The van der Waals surface area contributed by atoms with Crippen LogP contribution >= 0.6 is 0 Å². The molecule has 0 saturated carbocycles. The Morgan fingerprint density at radius 3 is 2.76 bits per heavy atom. The molecule has 0 bridgehead atoms. The first kappa shape index (κ1) is 16.3. The summed E-state index contributed by atoms with van der Waals surface area (Å²) in [5.41, 5.74) is 3.01. The van der Waals surface area contributed by atoms with E-state index in [9.17, 15) is 8.42 Å². The van der Waals surface area contributed by atoms with Crippen LogP contribution in [0.25, 0.3) is 0 Å². The quantitative estimate of drug-likeness (QED) is 0.837. The number of nitrogens with zero attached hydrogens (tertiary/aromatic N) is 1. The van der Waals surface area contributed by atoms with Crippen molar-refractivity contribution in [1.82, 2.24) is 4.90 Å². The lowest BCUT2D eigenvalue weighted by atomic mass is 10.1. The Labute approximate surface area is 127 Å². The largest absolute Gasteiger partial charge is 0.384 e. The van der Waals surface area contributed by atoms with Crippen LogP contribution < -0.4 is 4.72 Å². The zero-order chi connectivity index (χ0) is 15.5. The average molecular weight is 312 g/mol. The Hall–Kier alpha value is -1.11. The summed E-state index contributed by atoms with van der Waals surface area (Å²) in [4.78, 5) is 2.35. The van der Waals surface area contributed by atoms with Gasteiger partial charge in [0, 0.05) is 26.7 Å². The molecule has 0 aromatic heterocycles. The van der Waals surface area contributed by atoms with Gasteiger partial charge < -0.3 is 4.74 Å². The number of fused-ring (bicyclic) bond motifs is 1. The molecule has 0 spiro atoms. The Bertz CT molecular complexity index is 585. The monoisotopic (exact) mass is 312 g/mol. The number of ether oxygens (including phenoxy) is 1. The summed E-state index contributed by atoms with van der Waals surface area (Å²) in [5.74, 6) is 0.573. The fraction of sp³-hybridized carbons (Fsp3) is 0.600. The standard InChI is InChI=1S/C15H24N2O3S/c1-12(2)9-17-10-13-5-4-6-15(14(13)11-17)16-21(18,19)8-7-20-3/h4-6,12,16H,7-11H2,1-3H3. The highest BCUT2D eigenvalue weighted by Gasteiger charge is 2.23. The number of nitrogens with one attached hydrogen (secondary N) is 1. The van der Waals surface area contributed by atoms with Gasteiger partial charge in [-0.15, -0.1) is 0 Å². The number of hydrogen-bond acceptors (Lipinski definition) is 4. The van der Waals surface area contributed by atoms with Gasteiger partial charge in [0.2, 0.25) is 10.0 Å². The summed E-state index contributed by atoms with van der Waals surface area (Å²) < 4.78 is 31.6. The Kier molecular flexibility index (Phi) is 5.24. The first-order chi connectivity index (χ1) is 9.91. The van der Waals surface area contributed by atoms with E-state index in [4.69, 9.17) is 4.74 Å². The maximum Gasteiger partial charge on any atom is 0.235 e. The van der Waals surface area contributed by atoms with Crippen molar-refractivity contribution in [2.24, 2.45) is 5.92 Å². The van der Waals surface area contributed by atoms with Gasteiger partial charge in [-0.3, -0.25) is 9.62 Å². The normalized spacial score (nSPS) is 15.4. The summed E-state index contributed by atoms with van der Waals surface area (Å²) in [6.45, 7) is 7.29. The van der Waals surface area contributed by atoms with Gasteiger partial charge in [0.15, 0.2) is 0 Å². The highest BCUT2D eigenvalue weighted by molar-refractivity contribution is 7.92. The fourth-order valence-electron chi connectivity index (χ4n) is 2.64. The number of benzene rings is 1. The van der Waals surface area contributed by atoms with E-state index in [2.05, 4.69) is 29.5 Å². The second kappa shape index (κ2) is 6.77. The van der Waals surface area contributed by atoms with Crippen LogP contribution in [0.3, 0.4) is 0 Å². The molecule has 0 atom stereocenters. The van der Waals surface area contributed by atoms with Crippen LogP contribution in [0, 0.1) is 5.92 Å². The van der Waals surface area contributed by atoms with Gasteiger partial charge in [0.25, 0.3) is 0 Å². The van der Waals surface area contributed by atoms with Gasteiger partial charge in [-0.2, -0.15) is 0 Å². The Balaban J connectivity index is 2.13. The van der Waals surface area contributed by atoms with E-state index in [1.807, 2.05) is 12.1 Å². The number of hydrogen-bond donors (Lipinski definition) is 1. The minimum atomic E-state index is -3.35. The lowest BCUT2D eigenvalue weighted by Crippen LogP contribution is -2.22. The lowest BCUT2D eigenvalue weighted by Gasteiger charge is -2.17. The molecule has 1 aliphatic heterocycles. The smallest absolute Gasteiger partial charge is 0.235 e. The first-order valence-corrected chi connectivity index (χ1v) is 8.89. The van der Waals surface area contributed by atoms with Crippen molar-refractivity contribution in [2.45, 2.75) is 26.9 Å². The SMILES string of the molecule is COCCS(=O)(=O)Nc1cccc2c1CN(CC(C)C)C2. The van der Waals surface area contributed by atoms with E-state index in [-0.39, 0.29) is 12.4 Å². The van der Waals surface area contributed by atoms with Crippen molar-refractivity contribution >= 4 is 15.7 Å². The molecule has 6 heteroatoms. The van der Waals surface area contributed by atoms with Crippen LogP contribution in [-0.4, -0.2) is 39.3 Å². The van der Waals surface area contributed by atoms with E-state index in [1.165, 1.54) is 12.7 Å². The molecule has 2 rings (SSSR count). The van der Waals surface area contributed by atoms with Crippen LogP contribution in [0.1, 0.15) is 25.0 Å². The zero-order valence-corrected chi connectivity index (χ0v) is 13.7. The van der Waals surface area contributed by atoms with Crippen molar-refractivity contribution in [3.63, 3.8) is 0 Å². The molecule has 0 radical (unpaired) electrons. The predicted octanol–water partition coefficient (Wildman–Crippen LogP) is 2.05. The fourth-order valence-corrected chi connectivity index (χ4v) is 3.66. The van der Waals surface area contributed by atoms with E-state index in [1.54, 1.807) is 0 Å². The molecule has 1 N–H and O–H groups in total. The third-order valence-corrected chi connectivity index (χ3v) is 4.73. The second-order valence-corrected chi connectivity index (χ2v) is 7.76. The first-order valence-electron chi connectivity index (χ1n) is 7.24. The van der Waals surface area contributed by atoms with Gasteiger partial charge in [0.05, 0.1) is 18.0 Å². The number of rotatable bonds is 7. The molecule has 0 unspecified atom stereocenters. The molecule has 0 aliphatic carbocycles. The summed E-state index contributed by atoms with van der Waals surface area (Å²) in [5, 5.41) is 0. The third kappa shape index (κ3) is 4.43. The molecular formula is C15H24N2O3S. The van der Waals surface area contributed by atoms with Gasteiger partial charge in [0.1, 0.15) is 0 Å². The second-order valence-electron chi connectivity index (χ2n) is 5.92. The van der Waals surface area contributed by atoms with E-state index in [0.29, 0.717) is 11.6 Å². The minimum absolute atomic E-state index is 0.0249. The van der Waals surface area contributed by atoms with Crippen molar-refractivity contribution in [3.8, 4) is 0 Å². The highest BCUT2D eigenvalue weighted by Crippen LogP contribution is 2.30. The molecule has 0 fully saturated rings. The van der Waals surface area contributed by atoms with Crippen molar-refractivity contribution in [1.29, 1.82) is 0 Å². The molecular weight excluding hydrogens is 288 g/mol. The third-order valence-electron chi connectivity index (χ3n) is 3.49. The summed E-state index contributed by atoms with van der Waals surface area (Å²) in [6, 6.07) is 5.82. The minimum Gasteiger partial charge on any atom is -0.384 e. The maximum atomic E-state index is 12.0. The van der Waals surface area contributed by atoms with Crippen molar-refractivity contribution < 1.29 is 13.2 Å². The van der Waals surface area contributed by atoms with Crippen LogP contribution in [0.2, 0.25) is 0 Å². The van der Waals surface area contributed by atoms with Crippen LogP contribution in [-0.2, 0) is 27.8 Å². The van der Waals surface area contributed by atoms with Gasteiger partial charge >= 0.3 is 0 Å². The molecule has 0 saturated heterocycles. The molecule has 1 aliphatic rings. The number of anilines is 1. The molecule has 0 amide bonds. The summed E-state index contributed by atoms with van der Waals surface area (Å²) in [6.07, 6.45) is 0. The molecule has 1 aromatic rings. The average Bonchev–Trinajstić information content (AvgIpc) is 2.78. The van der Waals surface area contributed by atoms with Gasteiger partial charge in [-0.05, 0) is 23.1 Å². The van der Waals surface area contributed by atoms with Crippen molar-refractivity contribution in [2.75, 3.05) is 30.7 Å². The summed E-state index contributed by atoms with van der Waals surface area (Å²) in [7, 11) is -1.85. The molecule has 1 aromatic carbocycles. The zero-order valence-electron chi connectivity index (χ0n) is 12.9. The molecule has 21 heavy (non-hydrogen) atoms. The predicted molar refractivity (Wildman–Crippen MR) is 84.7 cm³/mol.